The van der Waals surface area contributed by atoms with Gasteiger partial charge < -0.3 is 20.5 Å². The predicted octanol–water partition coefficient (Wildman–Crippen LogP) is 2.36. The second-order valence-corrected chi connectivity index (χ2v) is 4.27. The second kappa shape index (κ2) is 7.05. The summed E-state index contributed by atoms with van der Waals surface area (Å²) in [6.07, 6.45) is -5.37. The summed E-state index contributed by atoms with van der Waals surface area (Å²) >= 11 is 0. The molecule has 0 aromatic heterocycles. The predicted molar refractivity (Wildman–Crippen MR) is 71.6 cm³/mol. The maximum atomic E-state index is 12.0. The largest absolute Gasteiger partial charge is 0.493 e. The van der Waals surface area contributed by atoms with Gasteiger partial charge in [-0.3, -0.25) is 4.79 Å². The summed E-state index contributed by atoms with van der Waals surface area (Å²) in [6.45, 7) is -0.0911. The molecule has 0 atom stereocenters. The summed E-state index contributed by atoms with van der Waals surface area (Å²) in [5.41, 5.74) is 6.00. The summed E-state index contributed by atoms with van der Waals surface area (Å²) in [5.74, 6) is 0.117. The van der Waals surface area contributed by atoms with E-state index in [-0.39, 0.29) is 24.2 Å². The number of benzene rings is 1. The van der Waals surface area contributed by atoms with Crippen molar-refractivity contribution in [1.29, 1.82) is 0 Å². The number of amides is 1. The van der Waals surface area contributed by atoms with Gasteiger partial charge in [-0.05, 0) is 12.5 Å². The number of methoxy groups -OCH3 is 2. The van der Waals surface area contributed by atoms with Gasteiger partial charge in [0.25, 0.3) is 5.91 Å². The van der Waals surface area contributed by atoms with E-state index in [0.717, 1.165) is 0 Å². The number of anilines is 1. The first-order valence-electron chi connectivity index (χ1n) is 6.15. The average molecular weight is 306 g/mol. The molecule has 0 aliphatic heterocycles. The summed E-state index contributed by atoms with van der Waals surface area (Å²) in [4.78, 5) is 11.9. The Morgan fingerprint density at radius 3 is 2.33 bits per heavy atom. The maximum absolute atomic E-state index is 12.0. The zero-order valence-corrected chi connectivity index (χ0v) is 11.7. The van der Waals surface area contributed by atoms with Gasteiger partial charge in [0.1, 0.15) is 0 Å². The fraction of sp³-hybridized carbons (Fsp3) is 0.462. The quantitative estimate of drug-likeness (QED) is 0.625. The van der Waals surface area contributed by atoms with Crippen LogP contribution in [0.2, 0.25) is 0 Å². The molecule has 1 amide bonds. The lowest BCUT2D eigenvalue weighted by Gasteiger charge is -2.13. The van der Waals surface area contributed by atoms with Gasteiger partial charge in [-0.1, -0.05) is 0 Å². The topological polar surface area (TPSA) is 73.6 Å². The van der Waals surface area contributed by atoms with Gasteiger partial charge in [-0.2, -0.15) is 13.2 Å². The molecule has 0 saturated heterocycles. The summed E-state index contributed by atoms with van der Waals surface area (Å²) in [7, 11) is 2.83. The molecule has 1 aromatic carbocycles. The Labute approximate surface area is 120 Å². The molecule has 5 nitrogen and oxygen atoms in total. The summed E-state index contributed by atoms with van der Waals surface area (Å²) in [5, 5.41) is 2.39. The zero-order valence-electron chi connectivity index (χ0n) is 11.7. The fourth-order valence-corrected chi connectivity index (χ4v) is 1.68. The lowest BCUT2D eigenvalue weighted by molar-refractivity contribution is -0.135. The Balaban J connectivity index is 2.70. The molecule has 0 fully saturated rings. The van der Waals surface area contributed by atoms with E-state index < -0.39 is 18.5 Å². The SMILES string of the molecule is COc1cc(N)c(C(=O)NCCCC(F)(F)F)cc1OC. The Kier molecular flexibility index (Phi) is 5.69. The van der Waals surface area contributed by atoms with Crippen molar-refractivity contribution in [3.63, 3.8) is 0 Å². The second-order valence-electron chi connectivity index (χ2n) is 4.27. The van der Waals surface area contributed by atoms with Crippen LogP contribution in [-0.4, -0.2) is 32.8 Å². The molecule has 1 aromatic rings. The van der Waals surface area contributed by atoms with Gasteiger partial charge >= 0.3 is 6.18 Å². The number of rotatable bonds is 6. The normalized spacial score (nSPS) is 11.1. The molecule has 0 aliphatic carbocycles. The first kappa shape index (κ1) is 16.9. The number of ether oxygens (including phenoxy) is 2. The highest BCUT2D eigenvalue weighted by Crippen LogP contribution is 2.31. The van der Waals surface area contributed by atoms with E-state index in [2.05, 4.69) is 5.32 Å². The Morgan fingerprint density at radius 1 is 1.24 bits per heavy atom. The molecule has 8 heteroatoms. The van der Waals surface area contributed by atoms with E-state index in [4.69, 9.17) is 15.2 Å². The first-order valence-corrected chi connectivity index (χ1v) is 6.15. The van der Waals surface area contributed by atoms with Crippen molar-refractivity contribution in [2.45, 2.75) is 19.0 Å². The van der Waals surface area contributed by atoms with Crippen LogP contribution in [0.4, 0.5) is 18.9 Å². The third-order valence-corrected chi connectivity index (χ3v) is 2.72. The van der Waals surface area contributed by atoms with Gasteiger partial charge in [0.05, 0.1) is 19.8 Å². The van der Waals surface area contributed by atoms with E-state index in [1.54, 1.807) is 0 Å². The smallest absolute Gasteiger partial charge is 0.389 e. The highest BCUT2D eigenvalue weighted by Gasteiger charge is 2.26. The number of nitrogen functional groups attached to an aromatic ring is 1. The van der Waals surface area contributed by atoms with Gasteiger partial charge in [0.15, 0.2) is 11.5 Å². The Bertz CT molecular complexity index is 504. The fourth-order valence-electron chi connectivity index (χ4n) is 1.68. The average Bonchev–Trinajstić information content (AvgIpc) is 2.41. The number of carbonyl (C=O) groups is 1. The third kappa shape index (κ3) is 5.05. The number of carbonyl (C=O) groups excluding carboxylic acids is 1. The van der Waals surface area contributed by atoms with Crippen LogP contribution in [0.5, 0.6) is 11.5 Å². The minimum absolute atomic E-state index is 0.0911. The molecule has 118 valence electrons. The van der Waals surface area contributed by atoms with Crippen LogP contribution in [-0.2, 0) is 0 Å². The van der Waals surface area contributed by atoms with Crippen LogP contribution in [0.15, 0.2) is 12.1 Å². The molecule has 0 aliphatic rings. The van der Waals surface area contributed by atoms with Crippen LogP contribution >= 0.6 is 0 Å². The highest BCUT2D eigenvalue weighted by atomic mass is 19.4. The molecule has 1 rings (SSSR count). The van der Waals surface area contributed by atoms with Crippen LogP contribution in [0.1, 0.15) is 23.2 Å². The number of halogens is 3. The molecular formula is C13H17F3N2O3. The van der Waals surface area contributed by atoms with Crippen molar-refractivity contribution in [1.82, 2.24) is 5.32 Å². The number of nitrogens with one attached hydrogen (secondary N) is 1. The minimum atomic E-state index is -4.23. The highest BCUT2D eigenvalue weighted by molar-refractivity contribution is 6.00. The number of nitrogens with two attached hydrogens (primary N) is 1. The van der Waals surface area contributed by atoms with Crippen LogP contribution in [0, 0.1) is 0 Å². The van der Waals surface area contributed by atoms with Crippen molar-refractivity contribution >= 4 is 11.6 Å². The summed E-state index contributed by atoms with van der Waals surface area (Å²) in [6, 6.07) is 2.80. The number of alkyl halides is 3. The molecule has 21 heavy (non-hydrogen) atoms. The molecule has 0 spiro atoms. The molecule has 0 bridgehead atoms. The zero-order chi connectivity index (χ0) is 16.0. The van der Waals surface area contributed by atoms with Gasteiger partial charge in [-0.25, -0.2) is 0 Å². The minimum Gasteiger partial charge on any atom is -0.493 e. The van der Waals surface area contributed by atoms with E-state index in [0.29, 0.717) is 11.5 Å². The number of hydrogen-bond acceptors (Lipinski definition) is 4. The lowest BCUT2D eigenvalue weighted by Crippen LogP contribution is -2.26. The lowest BCUT2D eigenvalue weighted by atomic mass is 10.1. The van der Waals surface area contributed by atoms with E-state index in [1.165, 1.54) is 26.4 Å². The molecule has 0 unspecified atom stereocenters. The van der Waals surface area contributed by atoms with Crippen molar-refractivity contribution in [2.75, 3.05) is 26.5 Å². The van der Waals surface area contributed by atoms with Gasteiger partial charge in [0, 0.05) is 24.7 Å². The van der Waals surface area contributed by atoms with Crippen molar-refractivity contribution in [3.8, 4) is 11.5 Å². The first-order chi connectivity index (χ1) is 9.78. The van der Waals surface area contributed by atoms with Crippen molar-refractivity contribution < 1.29 is 27.4 Å². The van der Waals surface area contributed by atoms with Gasteiger partial charge in [0.2, 0.25) is 0 Å². The molecule has 0 radical (unpaired) electrons. The van der Waals surface area contributed by atoms with Crippen LogP contribution in [0.3, 0.4) is 0 Å². The standard InChI is InChI=1S/C13H17F3N2O3/c1-20-10-6-8(9(17)7-11(10)21-2)12(19)18-5-3-4-13(14,15)16/h6-7H,3-5,17H2,1-2H3,(H,18,19). The third-order valence-electron chi connectivity index (χ3n) is 2.72. The summed E-state index contributed by atoms with van der Waals surface area (Å²) < 4.78 is 46.0. The van der Waals surface area contributed by atoms with Crippen molar-refractivity contribution in [2.24, 2.45) is 0 Å². The van der Waals surface area contributed by atoms with Gasteiger partial charge in [-0.15, -0.1) is 0 Å². The van der Waals surface area contributed by atoms with E-state index >= 15 is 0 Å². The molecule has 3 N–H and O–H groups in total. The monoisotopic (exact) mass is 306 g/mol. The Morgan fingerprint density at radius 2 is 1.81 bits per heavy atom. The van der Waals surface area contributed by atoms with E-state index in [9.17, 15) is 18.0 Å². The molecule has 0 heterocycles. The maximum Gasteiger partial charge on any atom is 0.389 e. The van der Waals surface area contributed by atoms with Crippen LogP contribution in [0.25, 0.3) is 0 Å². The van der Waals surface area contributed by atoms with Crippen molar-refractivity contribution in [3.05, 3.63) is 17.7 Å². The molecule has 0 saturated carbocycles. The Hall–Kier alpha value is -2.12. The van der Waals surface area contributed by atoms with E-state index in [1.807, 2.05) is 0 Å². The molecular weight excluding hydrogens is 289 g/mol. The number of hydrogen-bond donors (Lipinski definition) is 2. The van der Waals surface area contributed by atoms with Crippen LogP contribution < -0.4 is 20.5 Å².